The summed E-state index contributed by atoms with van der Waals surface area (Å²) in [6, 6.07) is 3.35. The van der Waals surface area contributed by atoms with Crippen molar-refractivity contribution in [1.82, 2.24) is 0 Å². The lowest BCUT2D eigenvalue weighted by Crippen LogP contribution is -2.06. The second-order valence-electron chi connectivity index (χ2n) is 3.18. The average Bonchev–Trinajstić information content (AvgIpc) is 2.75. The van der Waals surface area contributed by atoms with Crippen LogP contribution in [-0.4, -0.2) is 19.9 Å². The molecule has 0 aromatic carbocycles. The summed E-state index contributed by atoms with van der Waals surface area (Å²) in [6.07, 6.45) is 4.93. The smallest absolute Gasteiger partial charge is 0.161 e. The molecule has 0 radical (unpaired) electrons. The highest BCUT2D eigenvalue weighted by atomic mass is 33.1. The van der Waals surface area contributed by atoms with E-state index in [4.69, 9.17) is 4.42 Å². The van der Waals surface area contributed by atoms with Gasteiger partial charge >= 0.3 is 0 Å². The maximum absolute atomic E-state index is 11.6. The summed E-state index contributed by atoms with van der Waals surface area (Å²) in [7, 11) is -0.00948. The Morgan fingerprint density at radius 2 is 2.29 bits per heavy atom. The zero-order chi connectivity index (χ0) is 12.6. The zero-order valence-corrected chi connectivity index (χ0v) is 11.7. The summed E-state index contributed by atoms with van der Waals surface area (Å²) in [5, 5.41) is 1.79. The number of sulfone groups is 1. The fourth-order valence-electron chi connectivity index (χ4n) is 1.02. The summed E-state index contributed by atoms with van der Waals surface area (Å²) in [5.41, 5.74) is 0. The van der Waals surface area contributed by atoms with Gasteiger partial charge in [-0.15, -0.1) is 6.58 Å². The molecular formula is C11H14O3S3. The molecule has 0 aliphatic heterocycles. The third-order valence-electron chi connectivity index (χ3n) is 1.70. The van der Waals surface area contributed by atoms with Crippen molar-refractivity contribution in [3.63, 3.8) is 0 Å². The molecule has 17 heavy (non-hydrogen) atoms. The summed E-state index contributed by atoms with van der Waals surface area (Å²) in [5.74, 6) is 1.31. The minimum atomic E-state index is -3.12. The van der Waals surface area contributed by atoms with Gasteiger partial charge in [0.1, 0.15) is 11.5 Å². The molecule has 0 saturated carbocycles. The molecule has 1 rings (SSSR count). The first kappa shape index (κ1) is 14.5. The van der Waals surface area contributed by atoms with E-state index in [9.17, 15) is 8.42 Å². The van der Waals surface area contributed by atoms with Crippen LogP contribution in [0.5, 0.6) is 0 Å². The third kappa shape index (κ3) is 6.65. The first-order chi connectivity index (χ1) is 8.14. The maximum atomic E-state index is 11.6. The van der Waals surface area contributed by atoms with Gasteiger partial charge in [0.05, 0.1) is 12.0 Å². The van der Waals surface area contributed by atoms with Gasteiger partial charge in [-0.2, -0.15) is 0 Å². The Kier molecular flexibility index (Phi) is 6.54. The van der Waals surface area contributed by atoms with Crippen LogP contribution in [0.25, 0.3) is 0 Å². The van der Waals surface area contributed by atoms with Crippen LogP contribution in [0.2, 0.25) is 0 Å². The summed E-state index contributed by atoms with van der Waals surface area (Å²) in [6.45, 7) is 3.59. The van der Waals surface area contributed by atoms with Crippen molar-refractivity contribution in [2.45, 2.75) is 5.75 Å². The van der Waals surface area contributed by atoms with Gasteiger partial charge in [-0.05, 0) is 17.5 Å². The molecule has 0 aliphatic carbocycles. The average molecular weight is 290 g/mol. The Balaban J connectivity index is 2.32. The second-order valence-corrected chi connectivity index (χ2v) is 7.60. The molecule has 0 saturated heterocycles. The lowest BCUT2D eigenvalue weighted by Gasteiger charge is -1.97. The Morgan fingerprint density at radius 1 is 1.47 bits per heavy atom. The Hall–Kier alpha value is -0.590. The van der Waals surface area contributed by atoms with E-state index >= 15 is 0 Å². The molecule has 0 N–H and O–H groups in total. The van der Waals surface area contributed by atoms with Crippen molar-refractivity contribution in [1.29, 1.82) is 0 Å². The highest BCUT2D eigenvalue weighted by Crippen LogP contribution is 2.22. The predicted molar refractivity (Wildman–Crippen MR) is 75.6 cm³/mol. The summed E-state index contributed by atoms with van der Waals surface area (Å²) >= 11 is 0. The third-order valence-corrected chi connectivity index (χ3v) is 5.08. The van der Waals surface area contributed by atoms with Crippen molar-refractivity contribution >= 4 is 31.4 Å². The zero-order valence-electron chi connectivity index (χ0n) is 9.24. The normalized spacial score (nSPS) is 12.0. The van der Waals surface area contributed by atoms with Gasteiger partial charge in [0.15, 0.2) is 9.84 Å². The number of hydrogen-bond acceptors (Lipinski definition) is 5. The minimum Gasteiger partial charge on any atom is -0.468 e. The van der Waals surface area contributed by atoms with Crippen LogP contribution in [0, 0.1) is 0 Å². The first-order valence-corrected chi connectivity index (χ1v) is 9.11. The van der Waals surface area contributed by atoms with E-state index in [2.05, 4.69) is 6.58 Å². The lowest BCUT2D eigenvalue weighted by atomic mass is 10.5. The molecule has 0 fully saturated rings. The summed E-state index contributed by atoms with van der Waals surface area (Å²) < 4.78 is 28.3. The monoisotopic (exact) mass is 290 g/mol. The predicted octanol–water partition coefficient (Wildman–Crippen LogP) is 3.28. The molecule has 0 aliphatic rings. The topological polar surface area (TPSA) is 47.3 Å². The molecule has 1 heterocycles. The second kappa shape index (κ2) is 7.68. The van der Waals surface area contributed by atoms with Crippen LogP contribution in [0.4, 0.5) is 0 Å². The molecule has 6 heteroatoms. The van der Waals surface area contributed by atoms with Gasteiger partial charge in [-0.1, -0.05) is 33.7 Å². The van der Waals surface area contributed by atoms with Crippen LogP contribution in [-0.2, 0) is 15.6 Å². The molecule has 3 nitrogen and oxygen atoms in total. The summed E-state index contributed by atoms with van der Waals surface area (Å²) in [4.78, 5) is 0. The van der Waals surface area contributed by atoms with Gasteiger partial charge in [0.25, 0.3) is 0 Å². The molecule has 94 valence electrons. The van der Waals surface area contributed by atoms with Gasteiger partial charge in [0, 0.05) is 5.75 Å². The molecular weight excluding hydrogens is 276 g/mol. The molecule has 0 unspecified atom stereocenters. The molecule has 0 bridgehead atoms. The van der Waals surface area contributed by atoms with E-state index in [-0.39, 0.29) is 11.5 Å². The van der Waals surface area contributed by atoms with Crippen LogP contribution in [0.1, 0.15) is 5.76 Å². The van der Waals surface area contributed by atoms with E-state index in [0.29, 0.717) is 5.76 Å². The van der Waals surface area contributed by atoms with E-state index < -0.39 is 9.84 Å². The fourth-order valence-corrected chi connectivity index (χ4v) is 3.67. The fraction of sp³-hybridized carbons (Fsp3) is 0.273. The van der Waals surface area contributed by atoms with Crippen molar-refractivity contribution in [2.75, 3.05) is 11.5 Å². The van der Waals surface area contributed by atoms with Crippen LogP contribution < -0.4 is 0 Å². The van der Waals surface area contributed by atoms with Gasteiger partial charge in [-0.3, -0.25) is 0 Å². The maximum Gasteiger partial charge on any atom is 0.161 e. The van der Waals surface area contributed by atoms with Crippen molar-refractivity contribution in [3.05, 3.63) is 48.3 Å². The molecule has 0 spiro atoms. The standard InChI is InChI=1S/C11H14O3S3/c1-2-7-15-16-8-4-9-17(12,13)10-11-5-3-6-14-11/h2-6,8H,1,7,9-10H2. The number of rotatable bonds is 8. The van der Waals surface area contributed by atoms with Crippen LogP contribution in [0.3, 0.4) is 0 Å². The Labute approximate surface area is 110 Å². The SMILES string of the molecule is C=CCSSC=CCS(=O)(=O)Cc1ccco1. The van der Waals surface area contributed by atoms with Gasteiger partial charge in [-0.25, -0.2) is 8.42 Å². The largest absolute Gasteiger partial charge is 0.468 e. The highest BCUT2D eigenvalue weighted by Gasteiger charge is 2.11. The highest BCUT2D eigenvalue weighted by molar-refractivity contribution is 8.77. The van der Waals surface area contributed by atoms with Crippen LogP contribution in [0.15, 0.2) is 47.0 Å². The van der Waals surface area contributed by atoms with Crippen LogP contribution >= 0.6 is 21.6 Å². The molecule has 0 atom stereocenters. The molecule has 0 amide bonds. The molecule has 1 aromatic heterocycles. The van der Waals surface area contributed by atoms with E-state index in [1.54, 1.807) is 40.5 Å². The van der Waals surface area contributed by atoms with E-state index in [1.807, 2.05) is 0 Å². The Morgan fingerprint density at radius 3 is 2.94 bits per heavy atom. The quantitative estimate of drug-likeness (QED) is 0.418. The number of hydrogen-bond donors (Lipinski definition) is 0. The number of furan rings is 1. The van der Waals surface area contributed by atoms with Crippen molar-refractivity contribution < 1.29 is 12.8 Å². The first-order valence-electron chi connectivity index (χ1n) is 4.91. The lowest BCUT2D eigenvalue weighted by molar-refractivity contribution is 0.521. The van der Waals surface area contributed by atoms with E-state index in [1.165, 1.54) is 17.1 Å². The Bertz CT molecular complexity index is 446. The van der Waals surface area contributed by atoms with E-state index in [0.717, 1.165) is 5.75 Å². The van der Waals surface area contributed by atoms with Crippen molar-refractivity contribution in [3.8, 4) is 0 Å². The molecule has 1 aromatic rings. The van der Waals surface area contributed by atoms with Gasteiger partial charge in [0.2, 0.25) is 0 Å². The minimum absolute atomic E-state index is 0.0371. The van der Waals surface area contributed by atoms with Crippen molar-refractivity contribution in [2.24, 2.45) is 0 Å². The van der Waals surface area contributed by atoms with Gasteiger partial charge < -0.3 is 4.42 Å².